The maximum absolute atomic E-state index is 12.4. The van der Waals surface area contributed by atoms with E-state index in [1.54, 1.807) is 19.1 Å². The van der Waals surface area contributed by atoms with Gasteiger partial charge in [0.25, 0.3) is 0 Å². The Morgan fingerprint density at radius 2 is 1.68 bits per heavy atom. The Hall–Kier alpha value is -2.60. The molecule has 0 saturated carbocycles. The van der Waals surface area contributed by atoms with E-state index in [4.69, 9.17) is 4.42 Å². The molecular weight excluding hydrogens is 336 g/mol. The first-order chi connectivity index (χ1) is 11.8. The Morgan fingerprint density at radius 1 is 1.00 bits per heavy atom. The second kappa shape index (κ2) is 6.72. The van der Waals surface area contributed by atoms with E-state index in [9.17, 15) is 8.42 Å². The normalized spacial score (nSPS) is 11.5. The zero-order valence-corrected chi connectivity index (χ0v) is 15.2. The molecule has 0 aliphatic carbocycles. The first kappa shape index (κ1) is 17.2. The predicted molar refractivity (Wildman–Crippen MR) is 98.8 cm³/mol. The molecule has 3 aromatic rings. The summed E-state index contributed by atoms with van der Waals surface area (Å²) in [6, 6.07) is 14.6. The molecule has 25 heavy (non-hydrogen) atoms. The largest absolute Gasteiger partial charge is 0.446 e. The first-order valence-electron chi connectivity index (χ1n) is 7.93. The molecule has 0 aliphatic rings. The zero-order valence-electron chi connectivity index (χ0n) is 14.4. The summed E-state index contributed by atoms with van der Waals surface area (Å²) in [5.41, 5.74) is 3.93. The maximum atomic E-state index is 12.4. The number of anilines is 1. The number of hydrogen-bond donors (Lipinski definition) is 1. The van der Waals surface area contributed by atoms with E-state index in [2.05, 4.69) is 9.71 Å². The summed E-state index contributed by atoms with van der Waals surface area (Å²) in [6.45, 7) is 5.56. The van der Waals surface area contributed by atoms with Crippen molar-refractivity contribution in [1.29, 1.82) is 0 Å². The summed E-state index contributed by atoms with van der Waals surface area (Å²) >= 11 is 0. The molecule has 0 atom stereocenters. The van der Waals surface area contributed by atoms with Crippen LogP contribution in [0.15, 0.2) is 52.9 Å². The number of nitrogens with zero attached hydrogens (tertiary/aromatic N) is 1. The molecule has 1 N–H and O–H groups in total. The van der Waals surface area contributed by atoms with Gasteiger partial charge in [0.05, 0.1) is 5.75 Å². The monoisotopic (exact) mass is 356 g/mol. The van der Waals surface area contributed by atoms with Crippen LogP contribution < -0.4 is 4.72 Å². The van der Waals surface area contributed by atoms with E-state index in [-0.39, 0.29) is 5.75 Å². The van der Waals surface area contributed by atoms with Crippen molar-refractivity contribution < 1.29 is 12.8 Å². The van der Waals surface area contributed by atoms with Crippen LogP contribution in [-0.4, -0.2) is 13.4 Å². The molecule has 0 radical (unpaired) electrons. The second-order valence-electron chi connectivity index (χ2n) is 6.00. The number of hydrogen-bond acceptors (Lipinski definition) is 4. The summed E-state index contributed by atoms with van der Waals surface area (Å²) in [5, 5.41) is 0. The minimum Gasteiger partial charge on any atom is -0.446 e. The number of aryl methyl sites for hydroxylation is 3. The van der Waals surface area contributed by atoms with Crippen molar-refractivity contribution in [3.63, 3.8) is 0 Å². The highest BCUT2D eigenvalue weighted by molar-refractivity contribution is 7.91. The van der Waals surface area contributed by atoms with Crippen molar-refractivity contribution in [2.24, 2.45) is 0 Å². The number of sulfonamides is 1. The van der Waals surface area contributed by atoms with Crippen molar-refractivity contribution in [2.45, 2.75) is 26.5 Å². The Morgan fingerprint density at radius 3 is 2.28 bits per heavy atom. The van der Waals surface area contributed by atoms with Crippen molar-refractivity contribution in [2.75, 3.05) is 4.72 Å². The van der Waals surface area contributed by atoms with Crippen molar-refractivity contribution in [3.05, 3.63) is 71.3 Å². The van der Waals surface area contributed by atoms with E-state index >= 15 is 0 Å². The molecule has 0 bridgehead atoms. The van der Waals surface area contributed by atoms with E-state index in [1.165, 1.54) is 0 Å². The van der Waals surface area contributed by atoms with E-state index in [1.807, 2.05) is 50.2 Å². The quantitative estimate of drug-likeness (QED) is 0.743. The molecule has 0 unspecified atom stereocenters. The summed E-state index contributed by atoms with van der Waals surface area (Å²) < 4.78 is 32.8. The minimum absolute atomic E-state index is 0.0526. The minimum atomic E-state index is -3.48. The molecular formula is C19H20N2O3S. The summed E-state index contributed by atoms with van der Waals surface area (Å²) in [4.78, 5) is 4.34. The lowest BCUT2D eigenvalue weighted by atomic mass is 10.1. The van der Waals surface area contributed by atoms with Gasteiger partial charge in [-0.15, -0.1) is 0 Å². The molecule has 0 fully saturated rings. The third kappa shape index (κ3) is 4.09. The molecule has 1 aromatic heterocycles. The SMILES string of the molecule is Cc1nc(-c2ccc(NS(=O)(=O)Cc3ccccc3C)cc2)c(C)o1. The number of benzene rings is 2. The van der Waals surface area contributed by atoms with Crippen LogP contribution in [0.5, 0.6) is 0 Å². The molecule has 5 nitrogen and oxygen atoms in total. The average Bonchev–Trinajstić information content (AvgIpc) is 2.88. The number of nitrogens with one attached hydrogen (secondary N) is 1. The lowest BCUT2D eigenvalue weighted by molar-refractivity contribution is 0.495. The van der Waals surface area contributed by atoms with Gasteiger partial charge in [0.2, 0.25) is 10.0 Å². The fraction of sp³-hybridized carbons (Fsp3) is 0.211. The second-order valence-corrected chi connectivity index (χ2v) is 7.72. The summed E-state index contributed by atoms with van der Waals surface area (Å²) in [7, 11) is -3.48. The number of rotatable bonds is 5. The lowest BCUT2D eigenvalue weighted by Crippen LogP contribution is -2.15. The lowest BCUT2D eigenvalue weighted by Gasteiger charge is -2.10. The zero-order chi connectivity index (χ0) is 18.0. The van der Waals surface area contributed by atoms with Gasteiger partial charge in [0, 0.05) is 18.2 Å². The van der Waals surface area contributed by atoms with Crippen LogP contribution in [0.2, 0.25) is 0 Å². The van der Waals surface area contributed by atoms with Crippen LogP contribution in [0, 0.1) is 20.8 Å². The Labute approximate surface area is 147 Å². The van der Waals surface area contributed by atoms with Crippen molar-refractivity contribution in [1.82, 2.24) is 4.98 Å². The smallest absolute Gasteiger partial charge is 0.236 e. The molecule has 6 heteroatoms. The van der Waals surface area contributed by atoms with E-state index in [0.717, 1.165) is 28.1 Å². The van der Waals surface area contributed by atoms with Gasteiger partial charge in [-0.3, -0.25) is 4.72 Å². The fourth-order valence-electron chi connectivity index (χ4n) is 2.69. The third-order valence-corrected chi connectivity index (χ3v) is 5.18. The van der Waals surface area contributed by atoms with Gasteiger partial charge >= 0.3 is 0 Å². The molecule has 130 valence electrons. The van der Waals surface area contributed by atoms with Gasteiger partial charge < -0.3 is 4.42 Å². The predicted octanol–water partition coefficient (Wildman–Crippen LogP) is 4.21. The molecule has 1 heterocycles. The molecule has 0 saturated heterocycles. The van der Waals surface area contributed by atoms with Crippen LogP contribution in [0.25, 0.3) is 11.3 Å². The maximum Gasteiger partial charge on any atom is 0.236 e. The Bertz CT molecular complexity index is 990. The number of oxazole rings is 1. The van der Waals surface area contributed by atoms with Crippen molar-refractivity contribution >= 4 is 15.7 Å². The summed E-state index contributed by atoms with van der Waals surface area (Å²) in [6.07, 6.45) is 0. The summed E-state index contributed by atoms with van der Waals surface area (Å²) in [5.74, 6) is 1.30. The van der Waals surface area contributed by atoms with Gasteiger partial charge in [0.1, 0.15) is 11.5 Å². The van der Waals surface area contributed by atoms with Crippen LogP contribution in [-0.2, 0) is 15.8 Å². The molecule has 0 aliphatic heterocycles. The number of aromatic nitrogens is 1. The van der Waals surface area contributed by atoms with Crippen LogP contribution >= 0.6 is 0 Å². The fourth-order valence-corrected chi connectivity index (χ4v) is 3.99. The highest BCUT2D eigenvalue weighted by Gasteiger charge is 2.14. The third-order valence-electron chi connectivity index (χ3n) is 3.94. The first-order valence-corrected chi connectivity index (χ1v) is 9.59. The van der Waals surface area contributed by atoms with Gasteiger partial charge in [-0.05, 0) is 37.1 Å². The van der Waals surface area contributed by atoms with Crippen LogP contribution in [0.1, 0.15) is 22.8 Å². The van der Waals surface area contributed by atoms with Gasteiger partial charge in [-0.2, -0.15) is 0 Å². The average molecular weight is 356 g/mol. The Balaban J connectivity index is 1.77. The van der Waals surface area contributed by atoms with E-state index in [0.29, 0.717) is 11.6 Å². The van der Waals surface area contributed by atoms with Crippen LogP contribution in [0.4, 0.5) is 5.69 Å². The highest BCUT2D eigenvalue weighted by Crippen LogP contribution is 2.25. The molecule has 2 aromatic carbocycles. The van der Waals surface area contributed by atoms with Gasteiger partial charge in [-0.25, -0.2) is 13.4 Å². The molecule has 0 amide bonds. The molecule has 0 spiro atoms. The van der Waals surface area contributed by atoms with Gasteiger partial charge in [0.15, 0.2) is 5.89 Å². The van der Waals surface area contributed by atoms with Crippen LogP contribution in [0.3, 0.4) is 0 Å². The Kier molecular flexibility index (Phi) is 4.63. The highest BCUT2D eigenvalue weighted by atomic mass is 32.2. The molecule has 3 rings (SSSR count). The van der Waals surface area contributed by atoms with E-state index < -0.39 is 10.0 Å². The van der Waals surface area contributed by atoms with Crippen molar-refractivity contribution in [3.8, 4) is 11.3 Å². The van der Waals surface area contributed by atoms with Gasteiger partial charge in [-0.1, -0.05) is 36.4 Å². The standard InChI is InChI=1S/C19H20N2O3S/c1-13-6-4-5-7-17(13)12-25(22,23)21-18-10-8-16(9-11-18)19-14(2)24-15(3)20-19/h4-11,21H,12H2,1-3H3. The topological polar surface area (TPSA) is 72.2 Å².